The number of nitrogens with zero attached hydrogens (tertiary/aromatic N) is 1. The molecule has 1 aromatic heterocycles. The van der Waals surface area contributed by atoms with Crippen LogP contribution in [0.25, 0.3) is 0 Å². The van der Waals surface area contributed by atoms with E-state index in [0.29, 0.717) is 5.82 Å². The first-order valence-corrected chi connectivity index (χ1v) is 5.62. The van der Waals surface area contributed by atoms with Crippen LogP contribution in [0.3, 0.4) is 0 Å². The predicted octanol–water partition coefficient (Wildman–Crippen LogP) is 1.02. The van der Waals surface area contributed by atoms with Crippen molar-refractivity contribution < 1.29 is 4.79 Å². The van der Waals surface area contributed by atoms with Gasteiger partial charge in [0.15, 0.2) is 0 Å². The lowest BCUT2D eigenvalue weighted by molar-refractivity contribution is -0.124. The zero-order valence-corrected chi connectivity index (χ0v) is 10.7. The number of hydrogen-bond acceptors (Lipinski definition) is 2. The van der Waals surface area contributed by atoms with Gasteiger partial charge in [-0.05, 0) is 19.4 Å². The number of hydrogen-bond donors (Lipinski definition) is 1. The van der Waals surface area contributed by atoms with Crippen molar-refractivity contribution in [3.05, 3.63) is 17.8 Å². The van der Waals surface area contributed by atoms with E-state index in [2.05, 4.69) is 10.3 Å². The average Bonchev–Trinajstić information content (AvgIpc) is 2.23. The number of nitrogens with one attached hydrogen (secondary N) is 1. The summed E-state index contributed by atoms with van der Waals surface area (Å²) >= 11 is 0. The van der Waals surface area contributed by atoms with Gasteiger partial charge in [-0.3, -0.25) is 4.79 Å². The molecule has 0 fully saturated rings. The zero-order valence-electron chi connectivity index (χ0n) is 10.7. The van der Waals surface area contributed by atoms with Crippen molar-refractivity contribution in [2.75, 3.05) is 5.32 Å². The highest BCUT2D eigenvalue weighted by Crippen LogP contribution is 2.21. The van der Waals surface area contributed by atoms with Crippen molar-refractivity contribution in [2.45, 2.75) is 34.1 Å². The molecule has 0 saturated carbocycles. The Morgan fingerprint density at radius 1 is 1.50 bits per heavy atom. The van der Waals surface area contributed by atoms with Crippen LogP contribution in [0.4, 0.5) is 5.82 Å². The van der Waals surface area contributed by atoms with E-state index in [9.17, 15) is 4.79 Å². The molecule has 0 aliphatic heterocycles. The fourth-order valence-corrected chi connectivity index (χ4v) is 1.15. The Bertz CT molecular complexity index is 402. The van der Waals surface area contributed by atoms with Gasteiger partial charge in [0.1, 0.15) is 13.7 Å². The highest BCUT2D eigenvalue weighted by atomic mass is 16.2. The average molecular weight is 218 g/mol. The molecule has 0 atom stereocenters. The van der Waals surface area contributed by atoms with Gasteiger partial charge in [-0.1, -0.05) is 32.3 Å². The van der Waals surface area contributed by atoms with Crippen molar-refractivity contribution in [2.24, 2.45) is 5.41 Å². The summed E-state index contributed by atoms with van der Waals surface area (Å²) in [6, 6.07) is 3.81. The van der Waals surface area contributed by atoms with Crippen molar-refractivity contribution >= 4 is 25.0 Å². The van der Waals surface area contributed by atoms with Crippen LogP contribution in [0.5, 0.6) is 0 Å². The van der Waals surface area contributed by atoms with E-state index in [4.69, 9.17) is 0 Å². The van der Waals surface area contributed by atoms with Gasteiger partial charge in [0.25, 0.3) is 0 Å². The summed E-state index contributed by atoms with van der Waals surface area (Å²) in [5.41, 5.74) is 1.74. The normalized spacial score (nSPS) is 11.2. The second kappa shape index (κ2) is 4.68. The zero-order chi connectivity index (χ0) is 12.3. The van der Waals surface area contributed by atoms with E-state index >= 15 is 0 Å². The highest BCUT2D eigenvalue weighted by molar-refractivity contribution is 6.33. The monoisotopic (exact) mass is 218 g/mol. The Hall–Kier alpha value is -1.32. The number of anilines is 1. The quantitative estimate of drug-likeness (QED) is 0.769. The van der Waals surface area contributed by atoms with Gasteiger partial charge in [0.05, 0.1) is 0 Å². The first-order valence-electron chi connectivity index (χ1n) is 5.62. The van der Waals surface area contributed by atoms with Crippen LogP contribution in [-0.4, -0.2) is 18.7 Å². The number of carbonyl (C=O) groups excluding carboxylic acids is 1. The molecule has 1 heterocycles. The van der Waals surface area contributed by atoms with E-state index < -0.39 is 0 Å². The second-order valence-electron chi connectivity index (χ2n) is 4.79. The largest absolute Gasteiger partial charge is 0.310 e. The summed E-state index contributed by atoms with van der Waals surface area (Å²) in [6.07, 6.45) is 0.809. The molecule has 16 heavy (non-hydrogen) atoms. The molecule has 1 amide bonds. The summed E-state index contributed by atoms with van der Waals surface area (Å²) in [4.78, 5) is 16.2. The van der Waals surface area contributed by atoms with E-state index in [-0.39, 0.29) is 11.3 Å². The molecule has 0 saturated heterocycles. The van der Waals surface area contributed by atoms with Crippen molar-refractivity contribution in [3.63, 3.8) is 0 Å². The molecule has 0 spiro atoms. The van der Waals surface area contributed by atoms with Gasteiger partial charge in [0, 0.05) is 11.1 Å². The molecule has 0 aliphatic rings. The third-order valence-corrected chi connectivity index (χ3v) is 3.09. The van der Waals surface area contributed by atoms with Gasteiger partial charge in [-0.15, -0.1) is 0 Å². The third-order valence-electron chi connectivity index (χ3n) is 3.09. The Kier molecular flexibility index (Phi) is 3.73. The minimum absolute atomic E-state index is 0.0192. The molecule has 1 N–H and O–H groups in total. The Morgan fingerprint density at radius 3 is 2.62 bits per heavy atom. The number of pyridine rings is 1. The number of rotatable bonds is 3. The van der Waals surface area contributed by atoms with E-state index in [1.807, 2.05) is 47.7 Å². The fraction of sp³-hybridized carbons (Fsp3) is 0.500. The summed E-state index contributed by atoms with van der Waals surface area (Å²) in [5, 5.41) is 2.85. The van der Waals surface area contributed by atoms with Gasteiger partial charge in [-0.2, -0.15) is 0 Å². The summed E-state index contributed by atoms with van der Waals surface area (Å²) in [5.74, 6) is 0.653. The predicted molar refractivity (Wildman–Crippen MR) is 69.9 cm³/mol. The van der Waals surface area contributed by atoms with Crippen molar-refractivity contribution in [1.82, 2.24) is 4.98 Å². The van der Waals surface area contributed by atoms with Gasteiger partial charge < -0.3 is 5.32 Å². The molecule has 1 aromatic rings. The summed E-state index contributed by atoms with van der Waals surface area (Å²) in [7, 11) is 2.00. The number of aryl methyl sites for hydroxylation is 1. The van der Waals surface area contributed by atoms with Crippen LogP contribution < -0.4 is 10.8 Å². The highest BCUT2D eigenvalue weighted by Gasteiger charge is 2.25. The topological polar surface area (TPSA) is 42.0 Å². The molecule has 0 unspecified atom stereocenters. The molecule has 0 radical (unpaired) electrons. The Labute approximate surface area is 98.1 Å². The molecule has 3 nitrogen and oxygen atoms in total. The van der Waals surface area contributed by atoms with Gasteiger partial charge in [-0.25, -0.2) is 4.98 Å². The second-order valence-corrected chi connectivity index (χ2v) is 4.79. The first kappa shape index (κ1) is 12.8. The number of carbonyl (C=O) groups is 1. The van der Waals surface area contributed by atoms with Crippen molar-refractivity contribution in [3.8, 4) is 0 Å². The molecular formula is C12H19BN2O. The maximum Gasteiger partial charge on any atom is 0.231 e. The van der Waals surface area contributed by atoms with E-state index in [1.54, 1.807) is 0 Å². The molecule has 0 aliphatic carbocycles. The molecule has 0 bridgehead atoms. The molecule has 86 valence electrons. The Morgan fingerprint density at radius 2 is 2.12 bits per heavy atom. The number of aromatic nitrogens is 1. The maximum absolute atomic E-state index is 11.9. The van der Waals surface area contributed by atoms with Crippen molar-refractivity contribution in [1.29, 1.82) is 0 Å². The number of amides is 1. The van der Waals surface area contributed by atoms with Crippen LogP contribution in [0.2, 0.25) is 0 Å². The van der Waals surface area contributed by atoms with Crippen LogP contribution in [0, 0.1) is 12.3 Å². The third kappa shape index (κ3) is 2.84. The van der Waals surface area contributed by atoms with Crippen LogP contribution >= 0.6 is 0 Å². The standard InChI is InChI=1S/C12H19BN2O/c1-5-12(3,4)11(16)15-10-7-6-9(13)8(2)14-10/h6-7H,5,13H2,1-4H3,(H,14,15,16). The molecule has 0 aromatic carbocycles. The SMILES string of the molecule is Bc1ccc(NC(=O)C(C)(C)CC)nc1C. The minimum atomic E-state index is -0.347. The Balaban J connectivity index is 2.82. The van der Waals surface area contributed by atoms with Crippen LogP contribution in [-0.2, 0) is 4.79 Å². The van der Waals surface area contributed by atoms with Crippen LogP contribution in [0.15, 0.2) is 12.1 Å². The smallest absolute Gasteiger partial charge is 0.231 e. The maximum atomic E-state index is 11.9. The summed E-state index contributed by atoms with van der Waals surface area (Å²) in [6.45, 7) is 7.82. The fourth-order valence-electron chi connectivity index (χ4n) is 1.15. The lowest BCUT2D eigenvalue weighted by atomic mass is 9.89. The van der Waals surface area contributed by atoms with Gasteiger partial charge >= 0.3 is 0 Å². The lowest BCUT2D eigenvalue weighted by Gasteiger charge is -2.21. The van der Waals surface area contributed by atoms with E-state index in [0.717, 1.165) is 17.6 Å². The summed E-state index contributed by atoms with van der Waals surface area (Å²) < 4.78 is 0. The van der Waals surface area contributed by atoms with E-state index in [1.165, 1.54) is 0 Å². The molecular weight excluding hydrogens is 199 g/mol. The minimum Gasteiger partial charge on any atom is -0.310 e. The van der Waals surface area contributed by atoms with Gasteiger partial charge in [0.2, 0.25) is 5.91 Å². The lowest BCUT2D eigenvalue weighted by Crippen LogP contribution is -2.30. The first-order chi connectivity index (χ1) is 7.36. The molecule has 4 heteroatoms. The molecule has 1 rings (SSSR count). The van der Waals surface area contributed by atoms with Crippen LogP contribution in [0.1, 0.15) is 32.9 Å².